The lowest BCUT2D eigenvalue weighted by atomic mass is 10.2. The Morgan fingerprint density at radius 3 is 2.53 bits per heavy atom. The number of β-amino-alcohol motifs (C(OH)–C–C–N with tert-alkyl or cyclic N) is 1. The Labute approximate surface area is 109 Å². The summed E-state index contributed by atoms with van der Waals surface area (Å²) in [5, 5.41) is 15.9. The molecule has 6 heteroatoms. The van der Waals surface area contributed by atoms with Crippen molar-refractivity contribution in [3.63, 3.8) is 0 Å². The third-order valence-electron chi connectivity index (χ3n) is 2.55. The molecule has 0 bridgehead atoms. The van der Waals surface area contributed by atoms with Crippen LogP contribution in [-0.4, -0.2) is 29.7 Å². The summed E-state index contributed by atoms with van der Waals surface area (Å²) in [6, 6.07) is 4.46. The summed E-state index contributed by atoms with van der Waals surface area (Å²) in [6.45, 7) is 0.439. The van der Waals surface area contributed by atoms with E-state index in [1.54, 1.807) is 18.2 Å². The van der Waals surface area contributed by atoms with Crippen LogP contribution in [0.1, 0.15) is 6.42 Å². The molecule has 0 aliphatic carbocycles. The average molecular weight is 275 g/mol. The lowest BCUT2D eigenvalue weighted by Crippen LogP contribution is -2.35. The van der Waals surface area contributed by atoms with Gasteiger partial charge in [0, 0.05) is 22.3 Å². The van der Waals surface area contributed by atoms with Crippen molar-refractivity contribution < 1.29 is 9.90 Å². The van der Waals surface area contributed by atoms with E-state index in [4.69, 9.17) is 23.2 Å². The van der Waals surface area contributed by atoms with E-state index in [9.17, 15) is 9.90 Å². The van der Waals surface area contributed by atoms with Crippen LogP contribution in [-0.2, 0) is 4.79 Å². The molecule has 1 aliphatic rings. The highest BCUT2D eigenvalue weighted by Gasteiger charge is 2.27. The number of nitrogens with one attached hydrogen (secondary N) is 2. The predicted octanol–water partition coefficient (Wildman–Crippen LogP) is 1.65. The minimum Gasteiger partial charge on any atom is -0.392 e. The van der Waals surface area contributed by atoms with Gasteiger partial charge in [-0.1, -0.05) is 23.2 Å². The zero-order valence-corrected chi connectivity index (χ0v) is 10.4. The quantitative estimate of drug-likeness (QED) is 0.769. The SMILES string of the molecule is O=C(Nc1cc(Cl)cc(Cl)c1)C1CC(O)CN1. The summed E-state index contributed by atoms with van der Waals surface area (Å²) in [7, 11) is 0. The number of anilines is 1. The maximum atomic E-state index is 11.8. The third-order valence-corrected chi connectivity index (χ3v) is 2.99. The van der Waals surface area contributed by atoms with E-state index in [1.807, 2.05) is 0 Å². The fourth-order valence-corrected chi connectivity index (χ4v) is 2.30. The van der Waals surface area contributed by atoms with Crippen molar-refractivity contribution in [2.75, 3.05) is 11.9 Å². The van der Waals surface area contributed by atoms with Gasteiger partial charge in [0.25, 0.3) is 0 Å². The van der Waals surface area contributed by atoms with Crippen LogP contribution in [0.25, 0.3) is 0 Å². The van der Waals surface area contributed by atoms with Gasteiger partial charge in [-0.05, 0) is 24.6 Å². The molecule has 1 amide bonds. The van der Waals surface area contributed by atoms with Gasteiger partial charge in [0.15, 0.2) is 0 Å². The van der Waals surface area contributed by atoms with Crippen LogP contribution in [0.4, 0.5) is 5.69 Å². The third kappa shape index (κ3) is 3.33. The summed E-state index contributed by atoms with van der Waals surface area (Å²) in [5.74, 6) is -0.195. The second-order valence-corrected chi connectivity index (χ2v) is 4.87. The largest absolute Gasteiger partial charge is 0.392 e. The number of carbonyl (C=O) groups is 1. The number of hydrogen-bond donors (Lipinski definition) is 3. The second-order valence-electron chi connectivity index (χ2n) is 4.00. The number of benzene rings is 1. The number of amides is 1. The zero-order chi connectivity index (χ0) is 12.4. The second kappa shape index (κ2) is 5.23. The molecule has 3 N–H and O–H groups in total. The van der Waals surface area contributed by atoms with Gasteiger partial charge in [0.2, 0.25) is 5.91 Å². The Morgan fingerprint density at radius 1 is 1.35 bits per heavy atom. The molecule has 4 nitrogen and oxygen atoms in total. The highest BCUT2D eigenvalue weighted by molar-refractivity contribution is 6.35. The maximum Gasteiger partial charge on any atom is 0.241 e. The molecule has 1 heterocycles. The number of halogens is 2. The topological polar surface area (TPSA) is 61.4 Å². The molecule has 92 valence electrons. The summed E-state index contributed by atoms with van der Waals surface area (Å²) in [5.41, 5.74) is 0.552. The fraction of sp³-hybridized carbons (Fsp3) is 0.364. The van der Waals surface area contributed by atoms with E-state index >= 15 is 0 Å². The normalized spacial score (nSPS) is 23.7. The Kier molecular flexibility index (Phi) is 3.89. The zero-order valence-electron chi connectivity index (χ0n) is 8.91. The summed E-state index contributed by atoms with van der Waals surface area (Å²) < 4.78 is 0. The van der Waals surface area contributed by atoms with Crippen LogP contribution in [0.2, 0.25) is 10.0 Å². The van der Waals surface area contributed by atoms with Gasteiger partial charge in [-0.3, -0.25) is 4.79 Å². The lowest BCUT2D eigenvalue weighted by molar-refractivity contribution is -0.117. The highest BCUT2D eigenvalue weighted by atomic mass is 35.5. The van der Waals surface area contributed by atoms with Crippen molar-refractivity contribution in [2.45, 2.75) is 18.6 Å². The molecule has 17 heavy (non-hydrogen) atoms. The number of aliphatic hydroxyl groups is 1. The molecule has 0 spiro atoms. The van der Waals surface area contributed by atoms with Crippen molar-refractivity contribution in [2.24, 2.45) is 0 Å². The van der Waals surface area contributed by atoms with E-state index in [1.165, 1.54) is 0 Å². The first-order valence-electron chi connectivity index (χ1n) is 5.23. The predicted molar refractivity (Wildman–Crippen MR) is 67.5 cm³/mol. The van der Waals surface area contributed by atoms with Crippen molar-refractivity contribution in [3.05, 3.63) is 28.2 Å². The molecule has 0 radical (unpaired) electrons. The monoisotopic (exact) mass is 274 g/mol. The van der Waals surface area contributed by atoms with Crippen LogP contribution in [0, 0.1) is 0 Å². The van der Waals surface area contributed by atoms with Crippen LogP contribution in [0.3, 0.4) is 0 Å². The van der Waals surface area contributed by atoms with Crippen LogP contribution in [0.5, 0.6) is 0 Å². The molecular formula is C11H12Cl2N2O2. The van der Waals surface area contributed by atoms with Gasteiger partial charge in [0.1, 0.15) is 0 Å². The molecule has 1 fully saturated rings. The Morgan fingerprint density at radius 2 is 2.00 bits per heavy atom. The molecule has 1 saturated heterocycles. The van der Waals surface area contributed by atoms with E-state index in [2.05, 4.69) is 10.6 Å². The van der Waals surface area contributed by atoms with Crippen molar-refractivity contribution >= 4 is 34.8 Å². The van der Waals surface area contributed by atoms with Gasteiger partial charge in [-0.25, -0.2) is 0 Å². The maximum absolute atomic E-state index is 11.8. The van der Waals surface area contributed by atoms with E-state index in [0.717, 1.165) is 0 Å². The fourth-order valence-electron chi connectivity index (χ4n) is 1.77. The van der Waals surface area contributed by atoms with Crippen LogP contribution >= 0.6 is 23.2 Å². The number of rotatable bonds is 2. The molecule has 0 saturated carbocycles. The molecule has 2 unspecified atom stereocenters. The average Bonchev–Trinajstić information content (AvgIpc) is 2.63. The van der Waals surface area contributed by atoms with E-state index in [0.29, 0.717) is 28.7 Å². The molecule has 0 aromatic heterocycles. The first-order valence-corrected chi connectivity index (χ1v) is 5.98. The van der Waals surface area contributed by atoms with Gasteiger partial charge in [-0.15, -0.1) is 0 Å². The lowest BCUT2D eigenvalue weighted by Gasteiger charge is -2.11. The number of aliphatic hydroxyl groups excluding tert-OH is 1. The van der Waals surface area contributed by atoms with E-state index in [-0.39, 0.29) is 11.9 Å². The van der Waals surface area contributed by atoms with Crippen molar-refractivity contribution in [3.8, 4) is 0 Å². The Hall–Kier alpha value is -0.810. The minimum absolute atomic E-state index is 0.195. The molecule has 1 aliphatic heterocycles. The van der Waals surface area contributed by atoms with Gasteiger partial charge in [-0.2, -0.15) is 0 Å². The number of hydrogen-bond acceptors (Lipinski definition) is 3. The standard InChI is InChI=1S/C11H12Cl2N2O2/c12-6-1-7(13)3-8(2-6)15-11(17)10-4-9(16)5-14-10/h1-3,9-10,14,16H,4-5H2,(H,15,17). The van der Waals surface area contributed by atoms with Crippen molar-refractivity contribution in [1.82, 2.24) is 5.32 Å². The molecule has 1 aromatic carbocycles. The van der Waals surface area contributed by atoms with Gasteiger partial charge >= 0.3 is 0 Å². The smallest absolute Gasteiger partial charge is 0.241 e. The Bertz CT molecular complexity index is 419. The van der Waals surface area contributed by atoms with Crippen LogP contribution in [0.15, 0.2) is 18.2 Å². The summed E-state index contributed by atoms with van der Waals surface area (Å²) in [6.07, 6.45) is -0.0474. The summed E-state index contributed by atoms with van der Waals surface area (Å²) >= 11 is 11.7. The molecule has 2 atom stereocenters. The van der Waals surface area contributed by atoms with Crippen LogP contribution < -0.4 is 10.6 Å². The molecule has 2 rings (SSSR count). The first-order chi connectivity index (χ1) is 8.04. The van der Waals surface area contributed by atoms with Gasteiger partial charge in [0.05, 0.1) is 12.1 Å². The molecule has 1 aromatic rings. The highest BCUT2D eigenvalue weighted by Crippen LogP contribution is 2.22. The van der Waals surface area contributed by atoms with Gasteiger partial charge < -0.3 is 15.7 Å². The number of carbonyl (C=O) groups excluding carboxylic acids is 1. The first kappa shape index (κ1) is 12.6. The minimum atomic E-state index is -0.464. The summed E-state index contributed by atoms with van der Waals surface area (Å²) in [4.78, 5) is 11.8. The molecular weight excluding hydrogens is 263 g/mol. The van der Waals surface area contributed by atoms with Crippen molar-refractivity contribution in [1.29, 1.82) is 0 Å². The van der Waals surface area contributed by atoms with E-state index < -0.39 is 6.10 Å². The Balaban J connectivity index is 2.03.